The number of aryl methyl sites for hydroxylation is 1. The van der Waals surface area contributed by atoms with Gasteiger partial charge in [0.25, 0.3) is 0 Å². The number of halogens is 1. The molecule has 6 heteroatoms. The summed E-state index contributed by atoms with van der Waals surface area (Å²) >= 11 is 11.0. The van der Waals surface area contributed by atoms with Crippen LogP contribution in [-0.4, -0.2) is 14.8 Å². The van der Waals surface area contributed by atoms with E-state index in [4.69, 9.17) is 29.6 Å². The fourth-order valence-corrected chi connectivity index (χ4v) is 2.09. The van der Waals surface area contributed by atoms with E-state index in [0.29, 0.717) is 22.1 Å². The van der Waals surface area contributed by atoms with Crippen LogP contribution in [0.5, 0.6) is 0 Å². The maximum atomic E-state index is 6.08. The highest BCUT2D eigenvalue weighted by Gasteiger charge is 2.04. The zero-order valence-corrected chi connectivity index (χ0v) is 11.4. The molecule has 1 aromatic heterocycles. The first kappa shape index (κ1) is 12.9. The monoisotopic (exact) mass is 280 g/mol. The van der Waals surface area contributed by atoms with Crippen LogP contribution in [0.4, 0.5) is 5.69 Å². The summed E-state index contributed by atoms with van der Waals surface area (Å²) in [5.74, 6) is 0. The smallest absolute Gasteiger partial charge is 0.105 e. The van der Waals surface area contributed by atoms with Crippen molar-refractivity contribution in [2.24, 2.45) is 12.8 Å². The molecule has 0 amide bonds. The molecule has 0 fully saturated rings. The van der Waals surface area contributed by atoms with Crippen LogP contribution >= 0.6 is 23.8 Å². The van der Waals surface area contributed by atoms with Crippen LogP contribution in [0.25, 0.3) is 0 Å². The predicted octanol–water partition coefficient (Wildman–Crippen LogP) is 2.32. The van der Waals surface area contributed by atoms with Crippen molar-refractivity contribution >= 4 is 34.5 Å². The number of anilines is 1. The highest BCUT2D eigenvalue weighted by molar-refractivity contribution is 7.80. The van der Waals surface area contributed by atoms with Crippen LogP contribution in [-0.2, 0) is 13.6 Å². The lowest BCUT2D eigenvalue weighted by Crippen LogP contribution is -2.10. The van der Waals surface area contributed by atoms with Crippen molar-refractivity contribution in [1.82, 2.24) is 9.78 Å². The van der Waals surface area contributed by atoms with Gasteiger partial charge in [0.05, 0.1) is 17.3 Å². The van der Waals surface area contributed by atoms with E-state index in [0.717, 1.165) is 11.4 Å². The van der Waals surface area contributed by atoms with Crippen LogP contribution < -0.4 is 11.1 Å². The molecule has 0 spiro atoms. The molecule has 0 bridgehead atoms. The topological polar surface area (TPSA) is 55.9 Å². The Morgan fingerprint density at radius 1 is 1.50 bits per heavy atom. The molecule has 0 atom stereocenters. The molecule has 0 aliphatic heterocycles. The van der Waals surface area contributed by atoms with Crippen molar-refractivity contribution in [3.63, 3.8) is 0 Å². The van der Waals surface area contributed by atoms with E-state index < -0.39 is 0 Å². The minimum atomic E-state index is 0.302. The molecule has 1 aromatic carbocycles. The van der Waals surface area contributed by atoms with Gasteiger partial charge in [0, 0.05) is 24.5 Å². The number of nitrogens with one attached hydrogen (secondary N) is 1. The molecule has 18 heavy (non-hydrogen) atoms. The van der Waals surface area contributed by atoms with Gasteiger partial charge in [-0.25, -0.2) is 0 Å². The number of rotatable bonds is 4. The maximum Gasteiger partial charge on any atom is 0.105 e. The van der Waals surface area contributed by atoms with Crippen molar-refractivity contribution in [3.8, 4) is 0 Å². The molecular weight excluding hydrogens is 268 g/mol. The highest BCUT2D eigenvalue weighted by Crippen LogP contribution is 2.21. The summed E-state index contributed by atoms with van der Waals surface area (Å²) in [6.45, 7) is 0.642. The molecule has 0 saturated heterocycles. The molecule has 0 radical (unpaired) electrons. The molecule has 2 rings (SSSR count). The summed E-state index contributed by atoms with van der Waals surface area (Å²) in [4.78, 5) is 0.302. The summed E-state index contributed by atoms with van der Waals surface area (Å²) in [7, 11) is 1.89. The summed E-state index contributed by atoms with van der Waals surface area (Å²) in [5, 5.41) is 8.06. The van der Waals surface area contributed by atoms with Gasteiger partial charge in [0.15, 0.2) is 0 Å². The van der Waals surface area contributed by atoms with Gasteiger partial charge in [-0.3, -0.25) is 4.68 Å². The number of hydrogen-bond acceptors (Lipinski definition) is 3. The molecule has 0 aliphatic carbocycles. The third-order valence-electron chi connectivity index (χ3n) is 2.48. The fraction of sp³-hybridized carbons (Fsp3) is 0.167. The first-order valence-electron chi connectivity index (χ1n) is 5.38. The summed E-state index contributed by atoms with van der Waals surface area (Å²) in [6.07, 6.45) is 1.90. The quantitative estimate of drug-likeness (QED) is 0.844. The van der Waals surface area contributed by atoms with Crippen LogP contribution in [0.3, 0.4) is 0 Å². The second-order valence-corrected chi connectivity index (χ2v) is 4.74. The lowest BCUT2D eigenvalue weighted by Gasteiger charge is -2.07. The Morgan fingerprint density at radius 3 is 2.83 bits per heavy atom. The number of aromatic nitrogens is 2. The first-order valence-corrected chi connectivity index (χ1v) is 6.16. The largest absolute Gasteiger partial charge is 0.389 e. The average molecular weight is 281 g/mol. The van der Waals surface area contributed by atoms with Crippen LogP contribution in [0.1, 0.15) is 11.3 Å². The second-order valence-electron chi connectivity index (χ2n) is 3.89. The molecule has 2 aromatic rings. The van der Waals surface area contributed by atoms with Crippen molar-refractivity contribution in [3.05, 3.63) is 46.7 Å². The van der Waals surface area contributed by atoms with Gasteiger partial charge in [0.2, 0.25) is 0 Å². The number of thiocarbonyl (C=S) groups is 1. The van der Waals surface area contributed by atoms with Crippen LogP contribution in [0, 0.1) is 0 Å². The Kier molecular flexibility index (Phi) is 3.84. The number of nitrogens with zero attached hydrogens (tertiary/aromatic N) is 2. The normalized spacial score (nSPS) is 10.3. The zero-order chi connectivity index (χ0) is 13.1. The minimum absolute atomic E-state index is 0.302. The molecule has 0 aliphatic rings. The lowest BCUT2D eigenvalue weighted by atomic mass is 10.2. The lowest BCUT2D eigenvalue weighted by molar-refractivity contribution is 0.747. The molecule has 3 N–H and O–H groups in total. The van der Waals surface area contributed by atoms with Gasteiger partial charge in [0.1, 0.15) is 4.99 Å². The van der Waals surface area contributed by atoms with Gasteiger partial charge in [-0.2, -0.15) is 5.10 Å². The van der Waals surface area contributed by atoms with E-state index >= 15 is 0 Å². The van der Waals surface area contributed by atoms with E-state index in [1.54, 1.807) is 10.7 Å². The summed E-state index contributed by atoms with van der Waals surface area (Å²) in [5.41, 5.74) is 8.11. The van der Waals surface area contributed by atoms with Crippen molar-refractivity contribution in [2.75, 3.05) is 5.32 Å². The Balaban J connectivity index is 2.06. The Labute approximate surface area is 116 Å². The Hall–Kier alpha value is -1.59. The molecule has 0 saturated carbocycles. The van der Waals surface area contributed by atoms with Crippen LogP contribution in [0.2, 0.25) is 5.02 Å². The molecule has 4 nitrogen and oxygen atoms in total. The SMILES string of the molecule is Cn1ccc(CNc2ccc(C(N)=S)c(Cl)c2)n1. The van der Waals surface area contributed by atoms with E-state index in [2.05, 4.69) is 10.4 Å². The number of hydrogen-bond donors (Lipinski definition) is 2. The second kappa shape index (κ2) is 5.37. The summed E-state index contributed by atoms with van der Waals surface area (Å²) in [6, 6.07) is 7.46. The Morgan fingerprint density at radius 2 is 2.28 bits per heavy atom. The maximum absolute atomic E-state index is 6.08. The van der Waals surface area contributed by atoms with E-state index in [1.165, 1.54) is 0 Å². The molecule has 94 valence electrons. The first-order chi connectivity index (χ1) is 8.56. The van der Waals surface area contributed by atoms with Gasteiger partial charge >= 0.3 is 0 Å². The third kappa shape index (κ3) is 3.00. The third-order valence-corrected chi connectivity index (χ3v) is 3.01. The number of nitrogens with two attached hydrogens (primary N) is 1. The molecular formula is C12H13ClN4S. The van der Waals surface area contributed by atoms with Gasteiger partial charge in [-0.1, -0.05) is 23.8 Å². The van der Waals surface area contributed by atoms with Gasteiger partial charge < -0.3 is 11.1 Å². The van der Waals surface area contributed by atoms with Gasteiger partial charge in [-0.15, -0.1) is 0 Å². The van der Waals surface area contributed by atoms with E-state index in [1.807, 2.05) is 31.4 Å². The minimum Gasteiger partial charge on any atom is -0.389 e. The molecule has 1 heterocycles. The van der Waals surface area contributed by atoms with E-state index in [9.17, 15) is 0 Å². The fourth-order valence-electron chi connectivity index (χ4n) is 1.57. The van der Waals surface area contributed by atoms with Crippen molar-refractivity contribution < 1.29 is 0 Å². The summed E-state index contributed by atoms with van der Waals surface area (Å²) < 4.78 is 1.76. The zero-order valence-electron chi connectivity index (χ0n) is 9.85. The van der Waals surface area contributed by atoms with Crippen molar-refractivity contribution in [1.29, 1.82) is 0 Å². The van der Waals surface area contributed by atoms with Gasteiger partial charge in [-0.05, 0) is 24.3 Å². The highest BCUT2D eigenvalue weighted by atomic mass is 35.5. The predicted molar refractivity (Wildman–Crippen MR) is 77.9 cm³/mol. The standard InChI is InChI=1S/C12H13ClN4S/c1-17-5-4-9(16-17)7-15-8-2-3-10(12(14)18)11(13)6-8/h2-6,15H,7H2,1H3,(H2,14,18). The van der Waals surface area contributed by atoms with E-state index in [-0.39, 0.29) is 0 Å². The van der Waals surface area contributed by atoms with Crippen molar-refractivity contribution in [2.45, 2.75) is 6.54 Å². The van der Waals surface area contributed by atoms with Crippen LogP contribution in [0.15, 0.2) is 30.5 Å². The Bertz CT molecular complexity index is 579. The number of benzene rings is 1. The molecule has 0 unspecified atom stereocenters. The average Bonchev–Trinajstić information content (AvgIpc) is 2.72.